The average molecular weight is 414 g/mol. The number of nitrogens with zero attached hydrogens (tertiary/aromatic N) is 1. The Morgan fingerprint density at radius 3 is 2.44 bits per heavy atom. The van der Waals surface area contributed by atoms with Gasteiger partial charge in [0.1, 0.15) is 10.9 Å². The molecule has 0 spiro atoms. The Kier molecular flexibility index (Phi) is 7.87. The number of aryl methyl sites for hydroxylation is 1. The maximum Gasteiger partial charge on any atom is 0.155 e. The Bertz CT molecular complexity index is 732. The molecule has 4 nitrogen and oxygen atoms in total. The van der Waals surface area contributed by atoms with Crippen LogP contribution in [-0.4, -0.2) is 29.7 Å². The van der Waals surface area contributed by atoms with Crippen molar-refractivity contribution in [2.24, 2.45) is 11.8 Å². The number of hydrogen-bond donors (Lipinski definition) is 0. The van der Waals surface area contributed by atoms with Gasteiger partial charge < -0.3 is 0 Å². The van der Waals surface area contributed by atoms with E-state index in [4.69, 9.17) is 11.6 Å². The van der Waals surface area contributed by atoms with Gasteiger partial charge in [0.15, 0.2) is 9.84 Å². The van der Waals surface area contributed by atoms with E-state index in [1.165, 1.54) is 0 Å². The number of halogens is 1. The summed E-state index contributed by atoms with van der Waals surface area (Å²) < 4.78 is 24.0. The summed E-state index contributed by atoms with van der Waals surface area (Å²) in [6, 6.07) is 3.86. The van der Waals surface area contributed by atoms with E-state index in [9.17, 15) is 13.2 Å². The number of Topliss-reactive ketones (excluding diaryl/α,β-unsaturated/α-hetero) is 1. The van der Waals surface area contributed by atoms with Crippen LogP contribution in [0.15, 0.2) is 18.3 Å². The molecule has 0 radical (unpaired) electrons. The lowest BCUT2D eigenvalue weighted by molar-refractivity contribution is -0.124. The number of unbranched alkanes of at least 4 members (excludes halogenated alkanes) is 1. The topological polar surface area (TPSA) is 64.1 Å². The van der Waals surface area contributed by atoms with E-state index in [0.717, 1.165) is 50.5 Å². The van der Waals surface area contributed by atoms with Crippen molar-refractivity contribution in [3.05, 3.63) is 29.0 Å². The lowest BCUT2D eigenvalue weighted by Gasteiger charge is -2.30. The standard InChI is InChI=1S/C21H32ClNO3S/c1-21(2,3)27(25,26)15-16-10-12-17(13-11-16)19(24)9-5-4-7-18-8-6-14-23-20(18)22/h6,8,14,16-17H,4-5,7,9-13,15H2,1-3H3. The predicted octanol–water partition coefficient (Wildman–Crippen LogP) is 5.04. The van der Waals surface area contributed by atoms with Crippen molar-refractivity contribution in [1.29, 1.82) is 0 Å². The van der Waals surface area contributed by atoms with Gasteiger partial charge in [-0.2, -0.15) is 0 Å². The molecule has 0 atom stereocenters. The molecule has 0 amide bonds. The molecular weight excluding hydrogens is 382 g/mol. The Balaban J connectivity index is 1.70. The molecule has 0 aromatic carbocycles. The lowest BCUT2D eigenvalue weighted by Crippen LogP contribution is -2.35. The fourth-order valence-corrected chi connectivity index (χ4v) is 5.30. The first kappa shape index (κ1) is 22.4. The molecule has 2 rings (SSSR count). The molecule has 152 valence electrons. The minimum Gasteiger partial charge on any atom is -0.299 e. The van der Waals surface area contributed by atoms with Gasteiger partial charge in [-0.05, 0) is 83.3 Å². The summed E-state index contributed by atoms with van der Waals surface area (Å²) in [6.07, 6.45) is 8.27. The molecule has 1 aliphatic carbocycles. The molecule has 1 fully saturated rings. The zero-order chi connectivity index (χ0) is 20.1. The van der Waals surface area contributed by atoms with Crippen molar-refractivity contribution in [2.45, 2.75) is 76.9 Å². The van der Waals surface area contributed by atoms with Crippen LogP contribution in [0.4, 0.5) is 0 Å². The van der Waals surface area contributed by atoms with Gasteiger partial charge in [0.05, 0.1) is 10.5 Å². The zero-order valence-electron chi connectivity index (χ0n) is 16.7. The van der Waals surface area contributed by atoms with Crippen molar-refractivity contribution >= 4 is 27.2 Å². The molecule has 6 heteroatoms. The molecule has 1 aromatic heterocycles. The Morgan fingerprint density at radius 2 is 1.85 bits per heavy atom. The fourth-order valence-electron chi connectivity index (χ4n) is 3.64. The maximum atomic E-state index is 12.5. The third kappa shape index (κ3) is 6.56. The summed E-state index contributed by atoms with van der Waals surface area (Å²) in [5.74, 6) is 0.902. The molecule has 0 aliphatic heterocycles. The maximum absolute atomic E-state index is 12.5. The second kappa shape index (κ2) is 9.51. The molecule has 0 unspecified atom stereocenters. The molecule has 27 heavy (non-hydrogen) atoms. The Hall–Kier alpha value is -0.940. The van der Waals surface area contributed by atoms with Crippen molar-refractivity contribution in [2.75, 3.05) is 5.75 Å². The van der Waals surface area contributed by atoms with Crippen molar-refractivity contribution < 1.29 is 13.2 Å². The minimum absolute atomic E-state index is 0.112. The molecule has 1 aromatic rings. The van der Waals surface area contributed by atoms with E-state index in [1.807, 2.05) is 12.1 Å². The van der Waals surface area contributed by atoms with Crippen LogP contribution >= 0.6 is 11.6 Å². The zero-order valence-corrected chi connectivity index (χ0v) is 18.3. The largest absolute Gasteiger partial charge is 0.299 e. The van der Waals surface area contributed by atoms with E-state index >= 15 is 0 Å². The van der Waals surface area contributed by atoms with Crippen LogP contribution in [-0.2, 0) is 21.1 Å². The Labute approximate surface area is 169 Å². The number of pyridine rings is 1. The van der Waals surface area contributed by atoms with Crippen LogP contribution in [0.3, 0.4) is 0 Å². The summed E-state index contributed by atoms with van der Waals surface area (Å²) in [6.45, 7) is 5.28. The van der Waals surface area contributed by atoms with E-state index in [-0.39, 0.29) is 17.6 Å². The number of carbonyl (C=O) groups excluding carboxylic acids is 1. The van der Waals surface area contributed by atoms with Gasteiger partial charge in [-0.3, -0.25) is 4.79 Å². The third-order valence-corrected chi connectivity index (χ3v) is 8.76. The lowest BCUT2D eigenvalue weighted by atomic mass is 9.80. The fraction of sp³-hybridized carbons (Fsp3) is 0.714. The molecular formula is C21H32ClNO3S. The number of sulfone groups is 1. The summed E-state index contributed by atoms with van der Waals surface area (Å²) in [7, 11) is -3.08. The first-order chi connectivity index (χ1) is 12.6. The van der Waals surface area contributed by atoms with Gasteiger partial charge >= 0.3 is 0 Å². The molecule has 1 saturated carbocycles. The highest BCUT2D eigenvalue weighted by atomic mass is 35.5. The normalized spacial score (nSPS) is 21.2. The summed E-state index contributed by atoms with van der Waals surface area (Å²) >= 11 is 6.05. The Morgan fingerprint density at radius 1 is 1.19 bits per heavy atom. The molecule has 0 bridgehead atoms. The van der Waals surface area contributed by atoms with Crippen LogP contribution in [0.25, 0.3) is 0 Å². The van der Waals surface area contributed by atoms with Gasteiger partial charge in [-0.25, -0.2) is 13.4 Å². The van der Waals surface area contributed by atoms with Crippen LogP contribution in [0.1, 0.15) is 71.3 Å². The molecule has 1 heterocycles. The number of ketones is 1. The summed E-state index contributed by atoms with van der Waals surface area (Å²) in [5, 5.41) is 0.548. The van der Waals surface area contributed by atoms with Crippen molar-refractivity contribution in [3.8, 4) is 0 Å². The van der Waals surface area contributed by atoms with E-state index in [1.54, 1.807) is 27.0 Å². The van der Waals surface area contributed by atoms with Crippen LogP contribution in [0.2, 0.25) is 5.15 Å². The highest BCUT2D eigenvalue weighted by Gasteiger charge is 2.34. The third-order valence-electron chi connectivity index (χ3n) is 5.65. The smallest absolute Gasteiger partial charge is 0.155 e. The first-order valence-corrected chi connectivity index (χ1v) is 12.0. The predicted molar refractivity (Wildman–Crippen MR) is 111 cm³/mol. The van der Waals surface area contributed by atoms with Crippen molar-refractivity contribution in [3.63, 3.8) is 0 Å². The van der Waals surface area contributed by atoms with Gasteiger partial charge in [-0.15, -0.1) is 0 Å². The van der Waals surface area contributed by atoms with Gasteiger partial charge in [0.25, 0.3) is 0 Å². The van der Waals surface area contributed by atoms with Crippen LogP contribution < -0.4 is 0 Å². The molecule has 0 saturated heterocycles. The number of carbonyl (C=O) groups is 1. The van der Waals surface area contributed by atoms with Gasteiger partial charge in [0, 0.05) is 18.5 Å². The monoisotopic (exact) mass is 413 g/mol. The highest BCUT2D eigenvalue weighted by molar-refractivity contribution is 7.92. The van der Waals surface area contributed by atoms with Gasteiger partial charge in [-0.1, -0.05) is 17.7 Å². The quantitative estimate of drug-likeness (QED) is 0.442. The molecule has 0 N–H and O–H groups in total. The number of aromatic nitrogens is 1. The van der Waals surface area contributed by atoms with E-state index < -0.39 is 14.6 Å². The molecule has 1 aliphatic rings. The first-order valence-electron chi connectivity index (χ1n) is 9.94. The summed E-state index contributed by atoms with van der Waals surface area (Å²) in [5.41, 5.74) is 1.03. The number of hydrogen-bond acceptors (Lipinski definition) is 4. The minimum atomic E-state index is -3.08. The highest BCUT2D eigenvalue weighted by Crippen LogP contribution is 2.33. The second-order valence-corrected chi connectivity index (χ2v) is 11.9. The van der Waals surface area contributed by atoms with E-state index in [2.05, 4.69) is 4.98 Å². The van der Waals surface area contributed by atoms with Crippen LogP contribution in [0, 0.1) is 11.8 Å². The SMILES string of the molecule is CC(C)(C)S(=O)(=O)CC1CCC(C(=O)CCCCc2cccnc2Cl)CC1. The second-order valence-electron chi connectivity index (χ2n) is 8.74. The average Bonchev–Trinajstić information content (AvgIpc) is 2.59. The number of rotatable bonds is 8. The van der Waals surface area contributed by atoms with E-state index in [0.29, 0.717) is 17.4 Å². The van der Waals surface area contributed by atoms with Gasteiger partial charge in [0.2, 0.25) is 0 Å². The van der Waals surface area contributed by atoms with Crippen LogP contribution in [0.5, 0.6) is 0 Å². The summed E-state index contributed by atoms with van der Waals surface area (Å²) in [4.78, 5) is 16.5. The van der Waals surface area contributed by atoms with Crippen molar-refractivity contribution in [1.82, 2.24) is 4.98 Å².